The minimum absolute atomic E-state index is 0.0342. The fourth-order valence-corrected chi connectivity index (χ4v) is 5.91. The predicted octanol–water partition coefficient (Wildman–Crippen LogP) is 5.83. The predicted molar refractivity (Wildman–Crippen MR) is 134 cm³/mol. The zero-order valence-corrected chi connectivity index (χ0v) is 21.3. The lowest BCUT2D eigenvalue weighted by Crippen LogP contribution is -2.22. The molecule has 8 heteroatoms. The molecule has 7 nitrogen and oxygen atoms in total. The summed E-state index contributed by atoms with van der Waals surface area (Å²) in [6.07, 6.45) is 4.65. The van der Waals surface area contributed by atoms with E-state index in [0.29, 0.717) is 17.2 Å². The number of thioether (sulfide) groups is 1. The summed E-state index contributed by atoms with van der Waals surface area (Å²) in [5.41, 5.74) is 3.54. The van der Waals surface area contributed by atoms with Gasteiger partial charge in [-0.2, -0.15) is 0 Å². The van der Waals surface area contributed by atoms with E-state index in [9.17, 15) is 9.59 Å². The van der Waals surface area contributed by atoms with Crippen LogP contribution < -0.4 is 4.74 Å². The molecule has 1 N–H and O–H groups in total. The fourth-order valence-electron chi connectivity index (χ4n) is 5.05. The van der Waals surface area contributed by atoms with Crippen LogP contribution in [-0.4, -0.2) is 44.2 Å². The van der Waals surface area contributed by atoms with Gasteiger partial charge in [0, 0.05) is 22.9 Å². The molecule has 0 aliphatic heterocycles. The van der Waals surface area contributed by atoms with E-state index in [-0.39, 0.29) is 23.4 Å². The van der Waals surface area contributed by atoms with E-state index in [1.807, 2.05) is 38.1 Å². The number of Topliss-reactive ketones (excluding diaryl/α,β-unsaturated/α-hetero) is 2. The molecule has 180 valence electrons. The van der Waals surface area contributed by atoms with Crippen LogP contribution >= 0.6 is 11.8 Å². The molecule has 1 aliphatic carbocycles. The summed E-state index contributed by atoms with van der Waals surface area (Å²) >= 11 is 1.41. The highest BCUT2D eigenvalue weighted by molar-refractivity contribution is 7.99. The van der Waals surface area contributed by atoms with Crippen LogP contribution in [0.5, 0.6) is 5.75 Å². The number of hydrogen-bond donors (Lipinski definition) is 1. The molecule has 1 fully saturated rings. The number of methoxy groups -OCH3 is 1. The van der Waals surface area contributed by atoms with E-state index >= 15 is 0 Å². The van der Waals surface area contributed by atoms with Gasteiger partial charge in [0.15, 0.2) is 22.5 Å². The van der Waals surface area contributed by atoms with Crippen LogP contribution in [-0.2, 0) is 0 Å². The molecule has 4 rings (SSSR count). The number of ether oxygens (including phenoxy) is 1. The molecule has 34 heavy (non-hydrogen) atoms. The number of aromatic nitrogens is 4. The molecule has 0 saturated heterocycles. The number of hydrogen-bond acceptors (Lipinski definition) is 6. The van der Waals surface area contributed by atoms with Crippen molar-refractivity contribution in [3.8, 4) is 17.1 Å². The van der Waals surface area contributed by atoms with Gasteiger partial charge in [-0.25, -0.2) is 0 Å². The van der Waals surface area contributed by atoms with Crippen molar-refractivity contribution in [2.45, 2.75) is 64.6 Å². The maximum Gasteiger partial charge on any atom is 0.192 e. The third kappa shape index (κ3) is 4.69. The number of H-pyrrole nitrogens is 1. The highest BCUT2D eigenvalue weighted by atomic mass is 32.2. The Morgan fingerprint density at radius 2 is 1.85 bits per heavy atom. The van der Waals surface area contributed by atoms with Crippen LogP contribution in [0.25, 0.3) is 11.4 Å². The lowest BCUT2D eigenvalue weighted by molar-refractivity contribution is 0.101. The van der Waals surface area contributed by atoms with Crippen molar-refractivity contribution >= 4 is 23.3 Å². The maximum atomic E-state index is 13.1. The standard InChI is InChI=1S/C26H32N4O3S/c1-15-8-6-7-9-21(15)30-25(19-10-12-20(33-5)13-11-19)28-29-26(30)34-14-22(32)24-16(2)23(18(4)31)17(3)27-24/h10-13,15,21,27H,6-9,14H2,1-5H3/t15-,21-/m0/s1. The van der Waals surface area contributed by atoms with Gasteiger partial charge < -0.3 is 9.72 Å². The number of carbonyl (C=O) groups excluding carboxylic acids is 2. The number of aromatic amines is 1. The minimum atomic E-state index is -0.0460. The van der Waals surface area contributed by atoms with Crippen LogP contribution in [0.4, 0.5) is 0 Å². The average Bonchev–Trinajstić information content (AvgIpc) is 3.38. The summed E-state index contributed by atoms with van der Waals surface area (Å²) in [6.45, 7) is 7.47. The van der Waals surface area contributed by atoms with Gasteiger partial charge in [-0.3, -0.25) is 14.2 Å². The molecule has 0 radical (unpaired) electrons. The molecular weight excluding hydrogens is 448 g/mol. The first kappa shape index (κ1) is 24.3. The quantitative estimate of drug-likeness (QED) is 0.322. The van der Waals surface area contributed by atoms with E-state index in [0.717, 1.165) is 40.0 Å². The third-order valence-electron chi connectivity index (χ3n) is 6.81. The van der Waals surface area contributed by atoms with Gasteiger partial charge >= 0.3 is 0 Å². The Kier molecular flexibility index (Phi) is 7.26. The molecule has 1 saturated carbocycles. The zero-order valence-electron chi connectivity index (χ0n) is 20.5. The van der Waals surface area contributed by atoms with Gasteiger partial charge in [-0.1, -0.05) is 31.5 Å². The SMILES string of the molecule is COc1ccc(-c2nnc(SCC(=O)c3[nH]c(C)c(C(C)=O)c3C)n2[C@H]2CCCC[C@@H]2C)cc1. The maximum absolute atomic E-state index is 13.1. The summed E-state index contributed by atoms with van der Waals surface area (Å²) in [7, 11) is 1.65. The highest BCUT2D eigenvalue weighted by Gasteiger charge is 2.29. The van der Waals surface area contributed by atoms with Crippen LogP contribution in [0.15, 0.2) is 29.4 Å². The minimum Gasteiger partial charge on any atom is -0.497 e. The van der Waals surface area contributed by atoms with Crippen LogP contribution in [0.2, 0.25) is 0 Å². The van der Waals surface area contributed by atoms with Crippen molar-refractivity contribution in [2.75, 3.05) is 12.9 Å². The topological polar surface area (TPSA) is 89.9 Å². The van der Waals surface area contributed by atoms with E-state index < -0.39 is 0 Å². The second kappa shape index (κ2) is 10.2. The highest BCUT2D eigenvalue weighted by Crippen LogP contribution is 2.39. The van der Waals surface area contributed by atoms with Crippen LogP contribution in [0, 0.1) is 19.8 Å². The number of rotatable bonds is 8. The summed E-state index contributed by atoms with van der Waals surface area (Å²) < 4.78 is 7.54. The molecule has 0 unspecified atom stereocenters. The van der Waals surface area contributed by atoms with Crippen molar-refractivity contribution in [2.24, 2.45) is 5.92 Å². The Morgan fingerprint density at radius 1 is 1.15 bits per heavy atom. The van der Waals surface area contributed by atoms with Crippen molar-refractivity contribution in [3.05, 3.63) is 46.8 Å². The van der Waals surface area contributed by atoms with Gasteiger partial charge in [0.2, 0.25) is 0 Å². The normalized spacial score (nSPS) is 18.1. The number of aryl methyl sites for hydroxylation is 1. The number of nitrogens with zero attached hydrogens (tertiary/aromatic N) is 3. The second-order valence-corrected chi connectivity index (χ2v) is 10.1. The van der Waals surface area contributed by atoms with E-state index in [1.54, 1.807) is 7.11 Å². The number of nitrogens with one attached hydrogen (secondary N) is 1. The Morgan fingerprint density at radius 3 is 2.47 bits per heavy atom. The Hall–Kier alpha value is -2.87. The van der Waals surface area contributed by atoms with E-state index in [1.165, 1.54) is 37.9 Å². The molecule has 2 aromatic heterocycles. The molecule has 3 aromatic rings. The zero-order chi connectivity index (χ0) is 24.4. The van der Waals surface area contributed by atoms with Crippen molar-refractivity contribution in [3.63, 3.8) is 0 Å². The lowest BCUT2D eigenvalue weighted by atomic mass is 9.85. The summed E-state index contributed by atoms with van der Waals surface area (Å²) in [6, 6.07) is 8.15. The number of benzene rings is 1. The van der Waals surface area contributed by atoms with Gasteiger partial charge in [0.05, 0.1) is 18.6 Å². The van der Waals surface area contributed by atoms with Crippen molar-refractivity contribution in [1.82, 2.24) is 19.7 Å². The molecule has 1 aliphatic rings. The molecular formula is C26H32N4O3S. The Bertz CT molecular complexity index is 1200. The average molecular weight is 481 g/mol. The Balaban J connectivity index is 1.64. The monoisotopic (exact) mass is 480 g/mol. The molecule has 1 aromatic carbocycles. The number of ketones is 2. The van der Waals surface area contributed by atoms with Gasteiger partial charge in [0.1, 0.15) is 5.75 Å². The molecule has 2 atom stereocenters. The van der Waals surface area contributed by atoms with Gasteiger partial charge in [-0.05, 0) is 69.4 Å². The van der Waals surface area contributed by atoms with Gasteiger partial charge in [0.25, 0.3) is 0 Å². The largest absolute Gasteiger partial charge is 0.497 e. The second-order valence-electron chi connectivity index (χ2n) is 9.13. The van der Waals surface area contributed by atoms with E-state index in [4.69, 9.17) is 4.74 Å². The van der Waals surface area contributed by atoms with Gasteiger partial charge in [-0.15, -0.1) is 10.2 Å². The molecule has 0 bridgehead atoms. The summed E-state index contributed by atoms with van der Waals surface area (Å²) in [5, 5.41) is 9.82. The summed E-state index contributed by atoms with van der Waals surface area (Å²) in [5.74, 6) is 2.26. The lowest BCUT2D eigenvalue weighted by Gasteiger charge is -2.31. The smallest absolute Gasteiger partial charge is 0.192 e. The first-order valence-electron chi connectivity index (χ1n) is 11.8. The molecule has 0 spiro atoms. The fraction of sp³-hybridized carbons (Fsp3) is 0.462. The van der Waals surface area contributed by atoms with Crippen LogP contribution in [0.3, 0.4) is 0 Å². The van der Waals surface area contributed by atoms with E-state index in [2.05, 4.69) is 26.7 Å². The first-order chi connectivity index (χ1) is 16.3. The van der Waals surface area contributed by atoms with Crippen LogP contribution in [0.1, 0.15) is 77.7 Å². The van der Waals surface area contributed by atoms with Crippen molar-refractivity contribution in [1.29, 1.82) is 0 Å². The Labute approximate surface area is 204 Å². The molecule has 2 heterocycles. The third-order valence-corrected chi connectivity index (χ3v) is 7.75. The molecule has 0 amide bonds. The first-order valence-corrected chi connectivity index (χ1v) is 12.8. The number of carbonyl (C=O) groups is 2. The summed E-state index contributed by atoms with van der Waals surface area (Å²) in [4.78, 5) is 28.2. The van der Waals surface area contributed by atoms with Crippen molar-refractivity contribution < 1.29 is 14.3 Å².